The summed E-state index contributed by atoms with van der Waals surface area (Å²) in [6.45, 7) is 2.29. The molecule has 2 rings (SSSR count). The zero-order valence-corrected chi connectivity index (χ0v) is 11.4. The average Bonchev–Trinajstić information content (AvgIpc) is 2.30. The number of nitrogens with zero attached hydrogens (tertiary/aromatic N) is 3. The summed E-state index contributed by atoms with van der Waals surface area (Å²) in [6.07, 6.45) is 3.75. The predicted octanol–water partition coefficient (Wildman–Crippen LogP) is 1.66. The van der Waals surface area contributed by atoms with Crippen LogP contribution in [0.1, 0.15) is 31.5 Å². The molecule has 6 nitrogen and oxygen atoms in total. The molecule has 1 aliphatic rings. The minimum Gasteiger partial charge on any atom is -0.481 e. The quantitative estimate of drug-likeness (QED) is 0.813. The Labute approximate surface area is 112 Å². The topological polar surface area (TPSA) is 78.4 Å². The highest BCUT2D eigenvalue weighted by atomic mass is 16.4. The van der Waals surface area contributed by atoms with Gasteiger partial charge in [-0.1, -0.05) is 0 Å². The monoisotopic (exact) mass is 264 g/mol. The van der Waals surface area contributed by atoms with Crippen molar-refractivity contribution in [2.45, 2.75) is 38.6 Å². The van der Waals surface area contributed by atoms with Crippen molar-refractivity contribution in [1.29, 1.82) is 0 Å². The number of anilines is 2. The van der Waals surface area contributed by atoms with Crippen molar-refractivity contribution in [2.75, 3.05) is 23.8 Å². The number of hydrogen-bond acceptors (Lipinski definition) is 5. The van der Waals surface area contributed by atoms with Crippen LogP contribution in [0.5, 0.6) is 0 Å². The van der Waals surface area contributed by atoms with Gasteiger partial charge in [-0.3, -0.25) is 4.79 Å². The lowest BCUT2D eigenvalue weighted by molar-refractivity contribution is -0.136. The Balaban J connectivity index is 2.04. The van der Waals surface area contributed by atoms with Crippen LogP contribution in [0.15, 0.2) is 6.07 Å². The van der Waals surface area contributed by atoms with E-state index in [-0.39, 0.29) is 6.42 Å². The molecule has 0 atom stereocenters. The summed E-state index contributed by atoms with van der Waals surface area (Å²) in [5.74, 6) is 1.48. The van der Waals surface area contributed by atoms with E-state index >= 15 is 0 Å². The molecular weight excluding hydrogens is 244 g/mol. The van der Waals surface area contributed by atoms with Crippen molar-refractivity contribution in [2.24, 2.45) is 0 Å². The predicted molar refractivity (Wildman–Crippen MR) is 73.6 cm³/mol. The molecule has 0 aromatic carbocycles. The number of carboxylic acid groups (broad SMARTS) is 1. The fourth-order valence-corrected chi connectivity index (χ4v) is 1.96. The van der Waals surface area contributed by atoms with Crippen molar-refractivity contribution in [3.63, 3.8) is 0 Å². The van der Waals surface area contributed by atoms with E-state index in [4.69, 9.17) is 5.11 Å². The van der Waals surface area contributed by atoms with E-state index < -0.39 is 5.97 Å². The number of carboxylic acids is 1. The first-order chi connectivity index (χ1) is 9.04. The van der Waals surface area contributed by atoms with Gasteiger partial charge in [-0.25, -0.2) is 9.97 Å². The van der Waals surface area contributed by atoms with Crippen LogP contribution in [0.25, 0.3) is 0 Å². The van der Waals surface area contributed by atoms with E-state index in [0.717, 1.165) is 11.6 Å². The molecule has 0 aliphatic heterocycles. The van der Waals surface area contributed by atoms with Gasteiger partial charge in [0.1, 0.15) is 17.5 Å². The molecule has 6 heteroatoms. The van der Waals surface area contributed by atoms with Crippen LogP contribution in [-0.4, -0.2) is 40.7 Å². The maximum atomic E-state index is 10.6. The molecule has 2 N–H and O–H groups in total. The second-order valence-corrected chi connectivity index (χ2v) is 5.00. The summed E-state index contributed by atoms with van der Waals surface area (Å²) >= 11 is 0. The second kappa shape index (κ2) is 5.86. The van der Waals surface area contributed by atoms with Crippen molar-refractivity contribution >= 4 is 17.6 Å². The van der Waals surface area contributed by atoms with Crippen LogP contribution < -0.4 is 10.2 Å². The summed E-state index contributed by atoms with van der Waals surface area (Å²) in [6, 6.07) is 2.40. The van der Waals surface area contributed by atoms with Gasteiger partial charge in [0.25, 0.3) is 0 Å². The van der Waals surface area contributed by atoms with Gasteiger partial charge in [0.05, 0.1) is 6.42 Å². The van der Waals surface area contributed by atoms with Gasteiger partial charge in [0.15, 0.2) is 0 Å². The van der Waals surface area contributed by atoms with E-state index in [0.29, 0.717) is 18.4 Å². The number of aryl methyl sites for hydroxylation is 1. The maximum Gasteiger partial charge on any atom is 0.305 e. The van der Waals surface area contributed by atoms with Crippen LogP contribution in [0.3, 0.4) is 0 Å². The Morgan fingerprint density at radius 3 is 2.84 bits per heavy atom. The van der Waals surface area contributed by atoms with E-state index in [1.54, 1.807) is 0 Å². The van der Waals surface area contributed by atoms with Crippen molar-refractivity contribution in [3.05, 3.63) is 11.9 Å². The van der Waals surface area contributed by atoms with Gasteiger partial charge in [-0.05, 0) is 26.2 Å². The largest absolute Gasteiger partial charge is 0.481 e. The first-order valence-corrected chi connectivity index (χ1v) is 6.60. The normalized spacial score (nSPS) is 14.8. The molecule has 19 heavy (non-hydrogen) atoms. The maximum absolute atomic E-state index is 10.6. The van der Waals surface area contributed by atoms with E-state index in [2.05, 4.69) is 15.3 Å². The number of aliphatic carboxylic acids is 1. The van der Waals surface area contributed by atoms with Gasteiger partial charge in [0, 0.05) is 25.7 Å². The second-order valence-electron chi connectivity index (χ2n) is 5.00. The van der Waals surface area contributed by atoms with E-state index in [1.807, 2.05) is 24.9 Å². The molecule has 0 spiro atoms. The van der Waals surface area contributed by atoms with E-state index in [1.165, 1.54) is 19.3 Å². The molecule has 1 heterocycles. The molecule has 1 aromatic rings. The Morgan fingerprint density at radius 1 is 1.53 bits per heavy atom. The highest BCUT2D eigenvalue weighted by Crippen LogP contribution is 2.23. The standard InChI is InChI=1S/C13H20N4O2/c1-9-14-11(16-10-4-3-5-10)8-12(15-9)17(2)7-6-13(18)19/h8,10H,3-7H2,1-2H3,(H,18,19)(H,14,15,16). The molecule has 0 bridgehead atoms. The Morgan fingerprint density at radius 2 is 2.26 bits per heavy atom. The first kappa shape index (κ1) is 13.6. The Bertz CT molecular complexity index is 460. The van der Waals surface area contributed by atoms with Crippen LogP contribution in [0, 0.1) is 6.92 Å². The Kier molecular flexibility index (Phi) is 4.19. The third-order valence-corrected chi connectivity index (χ3v) is 3.33. The molecule has 0 amide bonds. The van der Waals surface area contributed by atoms with Gasteiger partial charge in [-0.15, -0.1) is 0 Å². The molecule has 0 unspecified atom stereocenters. The lowest BCUT2D eigenvalue weighted by Gasteiger charge is -2.27. The summed E-state index contributed by atoms with van der Waals surface area (Å²) in [7, 11) is 1.85. The Hall–Kier alpha value is -1.85. The summed E-state index contributed by atoms with van der Waals surface area (Å²) < 4.78 is 0. The third-order valence-electron chi connectivity index (χ3n) is 3.33. The highest BCUT2D eigenvalue weighted by molar-refractivity contribution is 5.67. The summed E-state index contributed by atoms with van der Waals surface area (Å²) in [5, 5.41) is 12.1. The molecule has 0 radical (unpaired) electrons. The van der Waals surface area contributed by atoms with Crippen LogP contribution >= 0.6 is 0 Å². The molecule has 104 valence electrons. The third kappa shape index (κ3) is 3.81. The van der Waals surface area contributed by atoms with Crippen molar-refractivity contribution in [3.8, 4) is 0 Å². The molecule has 1 fully saturated rings. The summed E-state index contributed by atoms with van der Waals surface area (Å²) in [4.78, 5) is 21.1. The lowest BCUT2D eigenvalue weighted by atomic mass is 9.93. The number of hydrogen-bond donors (Lipinski definition) is 2. The van der Waals surface area contributed by atoms with Crippen molar-refractivity contribution < 1.29 is 9.90 Å². The number of aromatic nitrogens is 2. The molecule has 1 aliphatic carbocycles. The van der Waals surface area contributed by atoms with Gasteiger partial charge < -0.3 is 15.3 Å². The lowest BCUT2D eigenvalue weighted by Crippen LogP contribution is -2.28. The molecular formula is C13H20N4O2. The highest BCUT2D eigenvalue weighted by Gasteiger charge is 2.18. The fraction of sp³-hybridized carbons (Fsp3) is 0.615. The zero-order chi connectivity index (χ0) is 13.8. The van der Waals surface area contributed by atoms with Crippen molar-refractivity contribution in [1.82, 2.24) is 9.97 Å². The first-order valence-electron chi connectivity index (χ1n) is 6.60. The van der Waals surface area contributed by atoms with Gasteiger partial charge >= 0.3 is 5.97 Å². The van der Waals surface area contributed by atoms with Crippen LogP contribution in [-0.2, 0) is 4.79 Å². The molecule has 1 aromatic heterocycles. The van der Waals surface area contributed by atoms with Crippen LogP contribution in [0.4, 0.5) is 11.6 Å². The van der Waals surface area contributed by atoms with Gasteiger partial charge in [0.2, 0.25) is 0 Å². The zero-order valence-electron chi connectivity index (χ0n) is 11.4. The number of nitrogens with one attached hydrogen (secondary N) is 1. The molecule has 0 saturated heterocycles. The van der Waals surface area contributed by atoms with Crippen LogP contribution in [0.2, 0.25) is 0 Å². The minimum atomic E-state index is -0.801. The minimum absolute atomic E-state index is 0.102. The van der Waals surface area contributed by atoms with E-state index in [9.17, 15) is 4.79 Å². The molecule has 1 saturated carbocycles. The SMILES string of the molecule is Cc1nc(NC2CCC2)cc(N(C)CCC(=O)O)n1. The van der Waals surface area contributed by atoms with Gasteiger partial charge in [-0.2, -0.15) is 0 Å². The number of carbonyl (C=O) groups is 1. The fourth-order valence-electron chi connectivity index (χ4n) is 1.96. The summed E-state index contributed by atoms with van der Waals surface area (Å²) in [5.41, 5.74) is 0. The smallest absolute Gasteiger partial charge is 0.305 e. The average molecular weight is 264 g/mol. The number of rotatable bonds is 6.